The van der Waals surface area contributed by atoms with E-state index in [4.69, 9.17) is 62.7 Å². The number of ether oxygens (including phenoxy) is 7. The highest BCUT2D eigenvalue weighted by Gasteiger charge is 2.64. The minimum Gasteiger partial charge on any atom is -0.495 e. The molecule has 0 aliphatic carbocycles. The average Bonchev–Trinajstić information content (AvgIpc) is 2.27. The predicted molar refractivity (Wildman–Crippen MR) is 313 cm³/mol. The van der Waals surface area contributed by atoms with Gasteiger partial charge in [-0.3, -0.25) is 29.3 Å². The molecule has 5 rings (SSSR count). The standard InChI is InChI=1S/C59H80ClF3N6O15S/c1-33(2)39(29-49(85)65-19-21-81-23-22-80-20-17-35(4)70)54(74)67-42(13-11-18-66-55(64)75)44(71)27-37-15-16-41(40(25-37)59(61,62)63)68-56(76)83-48-30-50(72)69(7)43-26-38(28-45(78-8)52(43)60)24-34(3)12-10-14-47(79-9)58(77)31-46(82-51(73)32-58)36(5)53-57(48,6)84-53/h10,12,14-16,25-26,28,33,36,39,42,46-48,53,77H,11,13,17-24,27,29-32H2,1-9H3,(H,65,85)(H,67,74)(H,68,76)(H3,64,66,75)/b14-10+,34-12+/t36-,39+,42+,46+,47-,48+,53+,57+,58-/m1/s1. The number of benzene rings is 2. The zero-order valence-corrected chi connectivity index (χ0v) is 51.0. The number of nitrogens with two attached hydrogens (primary N) is 1. The van der Waals surface area contributed by atoms with Gasteiger partial charge in [-0.25, -0.2) is 9.59 Å². The number of esters is 1. The largest absolute Gasteiger partial charge is 0.495 e. The molecule has 5 amide bonds. The maximum absolute atomic E-state index is 15.1. The van der Waals surface area contributed by atoms with E-state index >= 15 is 13.2 Å². The number of amides is 5. The van der Waals surface area contributed by atoms with E-state index in [1.165, 1.54) is 46.1 Å². The van der Waals surface area contributed by atoms with Gasteiger partial charge in [0.05, 0.1) is 80.5 Å². The van der Waals surface area contributed by atoms with E-state index in [1.54, 1.807) is 45.1 Å². The second-order valence-electron chi connectivity index (χ2n) is 22.2. The number of Topliss-reactive ketones (excluding diaryl/α,β-unsaturated/α-hetero) is 2. The number of carbonyl (C=O) groups is 7. The van der Waals surface area contributed by atoms with Crippen molar-refractivity contribution in [2.24, 2.45) is 23.5 Å². The number of nitrogens with zero attached hydrogens (tertiary/aromatic N) is 1. The predicted octanol–water partition coefficient (Wildman–Crippen LogP) is 7.28. The smallest absolute Gasteiger partial charge is 0.418 e. The van der Waals surface area contributed by atoms with Crippen LogP contribution >= 0.6 is 23.8 Å². The maximum atomic E-state index is 15.1. The van der Waals surface area contributed by atoms with Crippen LogP contribution < -0.4 is 36.6 Å². The van der Waals surface area contributed by atoms with E-state index in [-0.39, 0.29) is 79.2 Å². The number of alkyl halides is 3. The summed E-state index contributed by atoms with van der Waals surface area (Å²) < 4.78 is 85.3. The zero-order chi connectivity index (χ0) is 63.0. The Kier molecular flexibility index (Phi) is 25.7. The number of fused-ring (bicyclic) bond motifs is 5. The van der Waals surface area contributed by atoms with Crippen molar-refractivity contribution in [2.75, 3.05) is 71.0 Å². The minimum absolute atomic E-state index is 0.0195. The first kappa shape index (κ1) is 69.6. The first-order valence-corrected chi connectivity index (χ1v) is 28.8. The average molecular weight is 1240 g/mol. The highest BCUT2D eigenvalue weighted by Crippen LogP contribution is 2.50. The molecule has 7 N–H and O–H groups in total. The normalized spacial score (nSPS) is 24.3. The molecule has 0 saturated carbocycles. The van der Waals surface area contributed by atoms with Gasteiger partial charge in [0, 0.05) is 64.8 Å². The molecular weight excluding hydrogens is 1160 g/mol. The van der Waals surface area contributed by atoms with Crippen LogP contribution in [-0.2, 0) is 71.4 Å². The molecule has 3 aliphatic rings. The van der Waals surface area contributed by atoms with Gasteiger partial charge in [-0.1, -0.05) is 74.5 Å². The van der Waals surface area contributed by atoms with E-state index in [2.05, 4.69) is 21.3 Å². The highest BCUT2D eigenvalue weighted by molar-refractivity contribution is 7.80. The van der Waals surface area contributed by atoms with Crippen LogP contribution in [0.1, 0.15) is 103 Å². The first-order chi connectivity index (χ1) is 40.0. The molecule has 2 fully saturated rings. The maximum Gasteiger partial charge on any atom is 0.418 e. The summed E-state index contributed by atoms with van der Waals surface area (Å²) in [5, 5.41) is 22.5. The number of anilines is 2. The summed E-state index contributed by atoms with van der Waals surface area (Å²) in [5.74, 6) is -4.03. The van der Waals surface area contributed by atoms with Crippen molar-refractivity contribution in [3.8, 4) is 5.75 Å². The summed E-state index contributed by atoms with van der Waals surface area (Å²) in [6, 6.07) is 4.16. The summed E-state index contributed by atoms with van der Waals surface area (Å²) in [6.45, 7) is 11.6. The Morgan fingerprint density at radius 3 is 2.38 bits per heavy atom. The zero-order valence-electron chi connectivity index (χ0n) is 49.5. The van der Waals surface area contributed by atoms with Crippen LogP contribution in [0.5, 0.6) is 5.75 Å². The number of carbonyl (C=O) groups excluding carboxylic acids is 7. The van der Waals surface area contributed by atoms with Crippen molar-refractivity contribution in [1.29, 1.82) is 0 Å². The summed E-state index contributed by atoms with van der Waals surface area (Å²) in [4.78, 5) is 93.8. The van der Waals surface area contributed by atoms with Gasteiger partial charge < -0.3 is 64.8 Å². The number of urea groups is 1. The van der Waals surface area contributed by atoms with Crippen LogP contribution in [0.2, 0.25) is 5.02 Å². The fraction of sp³-hybridized carbons (Fsp3) is 0.593. The third-order valence-electron chi connectivity index (χ3n) is 15.2. The van der Waals surface area contributed by atoms with Crippen molar-refractivity contribution < 1.29 is 85.0 Å². The Hall–Kier alpha value is -6.22. The number of thiocarbonyl (C=S) groups is 1. The summed E-state index contributed by atoms with van der Waals surface area (Å²) in [6.07, 6.45) is -6.55. The molecule has 470 valence electrons. The molecule has 0 unspecified atom stereocenters. The lowest BCUT2D eigenvalue weighted by Crippen LogP contribution is -2.53. The van der Waals surface area contributed by atoms with E-state index in [0.29, 0.717) is 49.2 Å². The Morgan fingerprint density at radius 1 is 1.02 bits per heavy atom. The molecule has 0 spiro atoms. The number of aliphatic hydroxyl groups is 1. The summed E-state index contributed by atoms with van der Waals surface area (Å²) >= 11 is 12.3. The minimum atomic E-state index is -5.12. The van der Waals surface area contributed by atoms with Gasteiger partial charge in [0.15, 0.2) is 5.78 Å². The number of nitrogens with one attached hydrogen (secondary N) is 4. The van der Waals surface area contributed by atoms with Crippen molar-refractivity contribution in [1.82, 2.24) is 16.0 Å². The molecule has 2 aromatic carbocycles. The molecule has 2 aromatic rings. The fourth-order valence-corrected chi connectivity index (χ4v) is 10.9. The molecule has 4 bridgehead atoms. The molecule has 9 atom stereocenters. The molecule has 21 nitrogen and oxygen atoms in total. The Bertz CT molecular complexity index is 2810. The highest BCUT2D eigenvalue weighted by atomic mass is 35.5. The number of rotatable bonds is 25. The van der Waals surface area contributed by atoms with Crippen LogP contribution in [0.4, 0.5) is 34.1 Å². The van der Waals surface area contributed by atoms with Crippen LogP contribution in [0, 0.1) is 17.8 Å². The summed E-state index contributed by atoms with van der Waals surface area (Å²) in [7, 11) is 4.25. The number of epoxide rings is 1. The monoisotopic (exact) mass is 1240 g/mol. The van der Waals surface area contributed by atoms with Gasteiger partial charge in [0.25, 0.3) is 0 Å². The second-order valence-corrected chi connectivity index (χ2v) is 23.1. The second kappa shape index (κ2) is 31.4. The van der Waals surface area contributed by atoms with Crippen molar-refractivity contribution >= 4 is 81.7 Å². The number of primary amides is 1. The Morgan fingerprint density at radius 2 is 1.73 bits per heavy atom. The lowest BCUT2D eigenvalue weighted by molar-refractivity contribution is -0.187. The van der Waals surface area contributed by atoms with Crippen molar-refractivity contribution in [3.63, 3.8) is 0 Å². The number of allylic oxidation sites excluding steroid dienone is 3. The van der Waals surface area contributed by atoms with E-state index in [9.17, 15) is 38.7 Å². The van der Waals surface area contributed by atoms with Crippen molar-refractivity contribution in [2.45, 2.75) is 147 Å². The molecule has 3 aliphatic heterocycles. The van der Waals surface area contributed by atoms with Gasteiger partial charge in [0.2, 0.25) is 11.8 Å². The fourth-order valence-electron chi connectivity index (χ4n) is 10.3. The van der Waals surface area contributed by atoms with E-state index < -0.39 is 126 Å². The van der Waals surface area contributed by atoms with Gasteiger partial charge >= 0.3 is 24.3 Å². The third-order valence-corrected chi connectivity index (χ3v) is 15.9. The van der Waals surface area contributed by atoms with Gasteiger partial charge in [0.1, 0.15) is 46.1 Å². The lowest BCUT2D eigenvalue weighted by atomic mass is 9.78. The topological polar surface area (TPSA) is 285 Å². The molecule has 0 radical (unpaired) electrons. The van der Waals surface area contributed by atoms with Crippen LogP contribution in [0.15, 0.2) is 54.1 Å². The van der Waals surface area contributed by atoms with Crippen LogP contribution in [0.25, 0.3) is 0 Å². The molecule has 3 heterocycles. The van der Waals surface area contributed by atoms with Crippen LogP contribution in [-0.4, -0.2) is 154 Å². The number of methoxy groups -OCH3 is 2. The van der Waals surface area contributed by atoms with Crippen LogP contribution in [0.3, 0.4) is 0 Å². The molecular formula is C59H80ClF3N6O15S. The molecule has 0 aromatic heterocycles. The van der Waals surface area contributed by atoms with E-state index in [1.807, 2.05) is 13.0 Å². The third kappa shape index (κ3) is 20.2. The SMILES string of the molecule is COc1cc2cc(c1Cl)N(C)C(=O)C[C@H](OC(=O)Nc1ccc(CC(=O)[C@H](CCCNC(N)=O)NC(=O)[C@@H](CC(=S)NCCOCCOCCC(C)=O)C(C)C)cc1C(F)(F)F)[C@]1(C)O[C@H]1[C@H](C)[C@@H]1C[C@@](O)(CC(=O)O1)[C@H](OC)/C=C/C=C(\C)C2. The van der Waals surface area contributed by atoms with E-state index in [0.717, 1.165) is 11.6 Å². The molecule has 85 heavy (non-hydrogen) atoms. The molecule has 26 heteroatoms. The van der Waals surface area contributed by atoms with Gasteiger partial charge in [-0.2, -0.15) is 13.2 Å². The number of hydrogen-bond donors (Lipinski definition) is 6. The quantitative estimate of drug-likeness (QED) is 0.0246. The van der Waals surface area contributed by atoms with Gasteiger partial charge in [-0.15, -0.1) is 0 Å². The first-order valence-electron chi connectivity index (χ1n) is 28.0. The summed E-state index contributed by atoms with van der Waals surface area (Å²) in [5.41, 5.74) is 1.50. The molecule has 2 saturated heterocycles. The number of hydrogen-bond acceptors (Lipinski definition) is 16. The number of halogens is 4. The number of ketones is 2. The Balaban J connectivity index is 1.37. The lowest BCUT2D eigenvalue weighted by Gasteiger charge is -2.41. The van der Waals surface area contributed by atoms with Gasteiger partial charge in [-0.05, 0) is 81.3 Å². The Labute approximate surface area is 503 Å². The van der Waals surface area contributed by atoms with Crippen molar-refractivity contribution in [3.05, 3.63) is 75.8 Å².